The van der Waals surface area contributed by atoms with Gasteiger partial charge in [-0.1, -0.05) is 11.6 Å². The van der Waals surface area contributed by atoms with Crippen molar-refractivity contribution >= 4 is 29.1 Å². The number of rotatable bonds is 6. The maximum atomic E-state index is 12.5. The van der Waals surface area contributed by atoms with Gasteiger partial charge in [0.1, 0.15) is 23.7 Å². The minimum atomic E-state index is -2.93. The number of benzene rings is 1. The number of alkyl halides is 2. The van der Waals surface area contributed by atoms with Crippen LogP contribution in [-0.2, 0) is 11.3 Å². The van der Waals surface area contributed by atoms with Gasteiger partial charge in [0.25, 0.3) is 0 Å². The fourth-order valence-electron chi connectivity index (χ4n) is 2.65. The molecule has 0 spiro atoms. The summed E-state index contributed by atoms with van der Waals surface area (Å²) in [5.41, 5.74) is 0.470. The first kappa shape index (κ1) is 19.1. The molecule has 0 unspecified atom stereocenters. The second-order valence-corrected chi connectivity index (χ2v) is 6.42. The van der Waals surface area contributed by atoms with Crippen LogP contribution in [0.4, 0.5) is 20.4 Å². The number of ether oxygens (including phenoxy) is 1. The zero-order valence-corrected chi connectivity index (χ0v) is 15.3. The lowest BCUT2D eigenvalue weighted by molar-refractivity contribution is -0.129. The summed E-state index contributed by atoms with van der Waals surface area (Å²) >= 11 is 5.95. The van der Waals surface area contributed by atoms with Crippen molar-refractivity contribution in [2.24, 2.45) is 0 Å². The summed E-state index contributed by atoms with van der Waals surface area (Å²) in [6, 6.07) is 6.13. The van der Waals surface area contributed by atoms with Crippen LogP contribution in [0.5, 0.6) is 5.75 Å². The molecule has 3 rings (SSSR count). The van der Waals surface area contributed by atoms with E-state index in [1.54, 1.807) is 24.1 Å². The fraction of sp³-hybridized carbons (Fsp3) is 0.353. The van der Waals surface area contributed by atoms with E-state index in [-0.39, 0.29) is 24.7 Å². The minimum absolute atomic E-state index is 0.0158. The van der Waals surface area contributed by atoms with Gasteiger partial charge in [0, 0.05) is 43.3 Å². The number of carbonyl (C=O) groups is 1. The van der Waals surface area contributed by atoms with Gasteiger partial charge in [0.15, 0.2) is 0 Å². The van der Waals surface area contributed by atoms with Crippen LogP contribution in [0, 0.1) is 0 Å². The molecule has 7 nitrogen and oxygen atoms in total. The topological polar surface area (TPSA) is 70.6 Å². The number of amides is 1. The molecule has 10 heteroatoms. The molecule has 1 amide bonds. The Kier molecular flexibility index (Phi) is 5.90. The van der Waals surface area contributed by atoms with E-state index in [0.29, 0.717) is 35.3 Å². The third-order valence-corrected chi connectivity index (χ3v) is 4.37. The van der Waals surface area contributed by atoms with Gasteiger partial charge in [-0.05, 0) is 18.2 Å². The van der Waals surface area contributed by atoms with E-state index >= 15 is 0 Å². The number of hydrogen-bond donors (Lipinski definition) is 1. The first-order chi connectivity index (χ1) is 12.9. The molecule has 0 aliphatic carbocycles. The molecule has 1 aromatic heterocycles. The Morgan fingerprint density at radius 3 is 2.85 bits per heavy atom. The normalized spacial score (nSPS) is 14.6. The summed E-state index contributed by atoms with van der Waals surface area (Å²) in [6.07, 6.45) is 1.38. The highest BCUT2D eigenvalue weighted by Crippen LogP contribution is 2.25. The molecule has 0 bridgehead atoms. The van der Waals surface area contributed by atoms with E-state index in [1.807, 2.05) is 4.90 Å². The highest BCUT2D eigenvalue weighted by Gasteiger charge is 2.22. The zero-order valence-electron chi connectivity index (χ0n) is 14.5. The van der Waals surface area contributed by atoms with E-state index < -0.39 is 6.61 Å². The quantitative estimate of drug-likeness (QED) is 0.808. The van der Waals surface area contributed by atoms with Crippen LogP contribution in [0.2, 0.25) is 5.02 Å². The smallest absolute Gasteiger partial charge is 0.387 e. The summed E-state index contributed by atoms with van der Waals surface area (Å²) in [4.78, 5) is 23.7. The van der Waals surface area contributed by atoms with Crippen LogP contribution >= 0.6 is 11.6 Å². The monoisotopic (exact) mass is 397 g/mol. The molecule has 2 aromatic rings. The number of nitrogens with one attached hydrogen (secondary N) is 1. The predicted octanol–water partition coefficient (Wildman–Crippen LogP) is 2.62. The maximum absolute atomic E-state index is 12.5. The first-order valence-electron chi connectivity index (χ1n) is 8.20. The van der Waals surface area contributed by atoms with Crippen molar-refractivity contribution in [3.05, 3.63) is 41.2 Å². The molecule has 1 aliphatic rings. The number of piperazine rings is 1. The lowest BCUT2D eigenvalue weighted by Gasteiger charge is -2.32. The molecule has 0 atom stereocenters. The number of likely N-dealkylation sites (N-methyl/N-ethyl adjacent to an activating group) is 1. The van der Waals surface area contributed by atoms with Crippen molar-refractivity contribution < 1.29 is 18.3 Å². The van der Waals surface area contributed by atoms with Crippen LogP contribution in [0.1, 0.15) is 5.56 Å². The van der Waals surface area contributed by atoms with Crippen molar-refractivity contribution in [1.82, 2.24) is 14.9 Å². The standard InChI is InChI=1S/C17H18ClF2N5O2/c1-24-4-5-25(9-16(24)26)15-7-14(22-10-23-15)21-8-11-6-12(18)2-3-13(11)27-17(19)20/h2-3,6-7,10,17H,4-5,8-9H2,1H3,(H,21,22,23). The second-order valence-electron chi connectivity index (χ2n) is 5.98. The molecule has 1 N–H and O–H groups in total. The molecule has 0 saturated carbocycles. The summed E-state index contributed by atoms with van der Waals surface area (Å²) in [5.74, 6) is 1.17. The lowest BCUT2D eigenvalue weighted by atomic mass is 10.2. The third kappa shape index (κ3) is 4.94. The van der Waals surface area contributed by atoms with E-state index in [9.17, 15) is 13.6 Å². The molecule has 1 aliphatic heterocycles. The fourth-order valence-corrected chi connectivity index (χ4v) is 2.85. The van der Waals surface area contributed by atoms with Crippen LogP contribution in [0.3, 0.4) is 0 Å². The highest BCUT2D eigenvalue weighted by molar-refractivity contribution is 6.30. The third-order valence-electron chi connectivity index (χ3n) is 4.13. The largest absolute Gasteiger partial charge is 0.434 e. The van der Waals surface area contributed by atoms with Gasteiger partial charge in [-0.3, -0.25) is 4.79 Å². The van der Waals surface area contributed by atoms with Gasteiger partial charge in [-0.25, -0.2) is 9.97 Å². The van der Waals surface area contributed by atoms with Gasteiger partial charge >= 0.3 is 6.61 Å². The van der Waals surface area contributed by atoms with Crippen molar-refractivity contribution in [1.29, 1.82) is 0 Å². The predicted molar refractivity (Wildman–Crippen MR) is 97.3 cm³/mol. The highest BCUT2D eigenvalue weighted by atomic mass is 35.5. The number of anilines is 2. The van der Waals surface area contributed by atoms with Crippen molar-refractivity contribution in [2.45, 2.75) is 13.2 Å². The van der Waals surface area contributed by atoms with Gasteiger partial charge in [0.2, 0.25) is 5.91 Å². The van der Waals surface area contributed by atoms with Gasteiger partial charge in [-0.15, -0.1) is 0 Å². The van der Waals surface area contributed by atoms with E-state index in [4.69, 9.17) is 11.6 Å². The Hall–Kier alpha value is -2.68. The second kappa shape index (κ2) is 8.34. The Labute approximate surface area is 159 Å². The lowest BCUT2D eigenvalue weighted by Crippen LogP contribution is -2.48. The number of aromatic nitrogens is 2. The number of halogens is 3. The average Bonchev–Trinajstić information content (AvgIpc) is 2.64. The molecule has 1 aromatic carbocycles. The maximum Gasteiger partial charge on any atom is 0.387 e. The Bertz CT molecular complexity index is 824. The van der Waals surface area contributed by atoms with Crippen molar-refractivity contribution in [2.75, 3.05) is 36.9 Å². The number of carbonyl (C=O) groups excluding carboxylic acids is 1. The van der Waals surface area contributed by atoms with Gasteiger partial charge in [0.05, 0.1) is 6.54 Å². The van der Waals surface area contributed by atoms with E-state index in [1.165, 1.54) is 18.5 Å². The summed E-state index contributed by atoms with van der Waals surface area (Å²) in [5, 5.41) is 3.45. The Morgan fingerprint density at radius 2 is 2.11 bits per heavy atom. The van der Waals surface area contributed by atoms with Crippen LogP contribution in [0.15, 0.2) is 30.6 Å². The molecule has 27 heavy (non-hydrogen) atoms. The molecule has 2 heterocycles. The first-order valence-corrected chi connectivity index (χ1v) is 8.58. The van der Waals surface area contributed by atoms with Crippen LogP contribution in [0.25, 0.3) is 0 Å². The molecular formula is C17H18ClF2N5O2. The SMILES string of the molecule is CN1CCN(c2cc(NCc3cc(Cl)ccc3OC(F)F)ncn2)CC1=O. The van der Waals surface area contributed by atoms with Gasteiger partial charge < -0.3 is 19.9 Å². The number of nitrogens with zero attached hydrogens (tertiary/aromatic N) is 4. The Morgan fingerprint density at radius 1 is 1.30 bits per heavy atom. The minimum Gasteiger partial charge on any atom is -0.434 e. The summed E-state index contributed by atoms with van der Waals surface area (Å²) in [6.45, 7) is -1.22. The molecule has 144 valence electrons. The molecule has 1 fully saturated rings. The average molecular weight is 398 g/mol. The Balaban J connectivity index is 1.70. The molecular weight excluding hydrogens is 380 g/mol. The zero-order chi connectivity index (χ0) is 19.4. The molecule has 1 saturated heterocycles. The van der Waals surface area contributed by atoms with Crippen molar-refractivity contribution in [3.63, 3.8) is 0 Å². The van der Waals surface area contributed by atoms with E-state index in [2.05, 4.69) is 20.0 Å². The van der Waals surface area contributed by atoms with Crippen molar-refractivity contribution in [3.8, 4) is 5.75 Å². The summed E-state index contributed by atoms with van der Waals surface area (Å²) in [7, 11) is 1.76. The van der Waals surface area contributed by atoms with Gasteiger partial charge in [-0.2, -0.15) is 8.78 Å². The molecule has 0 radical (unpaired) electrons. The van der Waals surface area contributed by atoms with E-state index in [0.717, 1.165) is 0 Å². The summed E-state index contributed by atoms with van der Waals surface area (Å²) < 4.78 is 29.6. The number of hydrogen-bond acceptors (Lipinski definition) is 6. The van der Waals surface area contributed by atoms with Crippen LogP contribution < -0.4 is 15.0 Å². The van der Waals surface area contributed by atoms with Crippen LogP contribution in [-0.4, -0.2) is 54.1 Å².